The highest BCUT2D eigenvalue weighted by Crippen LogP contribution is 2.30. The van der Waals surface area contributed by atoms with Crippen molar-refractivity contribution >= 4 is 11.6 Å². The first-order chi connectivity index (χ1) is 15.7. The minimum absolute atomic E-state index is 0.228. The summed E-state index contributed by atoms with van der Waals surface area (Å²) in [6, 6.07) is 31.3. The summed E-state index contributed by atoms with van der Waals surface area (Å²) < 4.78 is 2.09. The van der Waals surface area contributed by atoms with Crippen molar-refractivity contribution < 1.29 is 4.79 Å². The molecule has 3 N–H and O–H groups in total. The Bertz CT molecular complexity index is 1260. The molecule has 1 aromatic heterocycles. The van der Waals surface area contributed by atoms with Crippen LogP contribution in [0.15, 0.2) is 108 Å². The molecule has 0 saturated heterocycles. The number of amides is 1. The van der Waals surface area contributed by atoms with Crippen molar-refractivity contribution in [2.75, 3.05) is 0 Å². The number of fused-ring (bicyclic) bond motifs is 3. The van der Waals surface area contributed by atoms with Crippen LogP contribution in [0.4, 0.5) is 0 Å². The summed E-state index contributed by atoms with van der Waals surface area (Å²) in [5.41, 5.74) is 12.1. The largest absolute Gasteiger partial charge is 0.328 e. The Morgan fingerprint density at radius 1 is 0.906 bits per heavy atom. The summed E-state index contributed by atoms with van der Waals surface area (Å²) in [7, 11) is 0. The van der Waals surface area contributed by atoms with Crippen molar-refractivity contribution in [1.82, 2.24) is 9.88 Å². The number of rotatable bonds is 5. The molecule has 0 bridgehead atoms. The van der Waals surface area contributed by atoms with E-state index in [1.807, 2.05) is 91.1 Å². The van der Waals surface area contributed by atoms with Gasteiger partial charge in [-0.2, -0.15) is 0 Å². The zero-order valence-electron chi connectivity index (χ0n) is 17.6. The van der Waals surface area contributed by atoms with E-state index in [1.165, 1.54) is 0 Å². The van der Waals surface area contributed by atoms with E-state index in [0.29, 0.717) is 6.42 Å². The molecule has 158 valence electrons. The number of nitrogens with zero attached hydrogens (tertiary/aromatic N) is 2. The molecule has 2 heterocycles. The van der Waals surface area contributed by atoms with E-state index in [1.54, 1.807) is 0 Å². The van der Waals surface area contributed by atoms with Gasteiger partial charge in [-0.25, -0.2) is 0 Å². The number of benzene rings is 3. The molecule has 3 aromatic carbocycles. The molecule has 1 aliphatic heterocycles. The molecule has 4 aromatic rings. The summed E-state index contributed by atoms with van der Waals surface area (Å²) in [6.07, 6.45) is 1.92. The summed E-state index contributed by atoms with van der Waals surface area (Å²) in [4.78, 5) is 18.1. The Morgan fingerprint density at radius 2 is 1.59 bits per heavy atom. The third kappa shape index (κ3) is 3.86. The molecule has 5 heteroatoms. The Hall–Kier alpha value is -3.96. The lowest BCUT2D eigenvalue weighted by Gasteiger charge is -2.19. The highest BCUT2D eigenvalue weighted by atomic mass is 16.2. The summed E-state index contributed by atoms with van der Waals surface area (Å²) in [6.45, 7) is 0. The Morgan fingerprint density at radius 3 is 2.38 bits per heavy atom. The quantitative estimate of drug-likeness (QED) is 0.512. The Labute approximate surface area is 187 Å². The summed E-state index contributed by atoms with van der Waals surface area (Å²) in [5.74, 6) is -0.228. The van der Waals surface area contributed by atoms with E-state index in [0.717, 1.165) is 33.8 Å². The number of aromatic nitrogens is 1. The van der Waals surface area contributed by atoms with E-state index in [9.17, 15) is 4.79 Å². The third-order valence-electron chi connectivity index (χ3n) is 5.70. The van der Waals surface area contributed by atoms with Crippen LogP contribution < -0.4 is 11.1 Å². The lowest BCUT2D eigenvalue weighted by Crippen LogP contribution is -2.43. The zero-order chi connectivity index (χ0) is 21.9. The van der Waals surface area contributed by atoms with Gasteiger partial charge in [0.25, 0.3) is 0 Å². The number of para-hydroxylation sites is 1. The number of hydrogen-bond acceptors (Lipinski definition) is 3. The van der Waals surface area contributed by atoms with Gasteiger partial charge in [0, 0.05) is 17.3 Å². The SMILES string of the molecule is N[C@@H](Cc1ccccc1)C(=O)N[C@H]1N=C(c2ccccc2)c2ccccc2-n2cccc21. The molecule has 0 unspecified atom stereocenters. The van der Waals surface area contributed by atoms with Crippen LogP contribution in [0.3, 0.4) is 0 Å². The van der Waals surface area contributed by atoms with Crippen LogP contribution in [0.25, 0.3) is 5.69 Å². The number of hydrogen-bond donors (Lipinski definition) is 2. The van der Waals surface area contributed by atoms with Crippen LogP contribution in [0.1, 0.15) is 28.6 Å². The van der Waals surface area contributed by atoms with Crippen molar-refractivity contribution in [3.05, 3.63) is 126 Å². The van der Waals surface area contributed by atoms with Gasteiger partial charge in [0.15, 0.2) is 6.17 Å². The van der Waals surface area contributed by atoms with Crippen LogP contribution in [-0.4, -0.2) is 22.2 Å². The monoisotopic (exact) mass is 420 g/mol. The molecule has 1 amide bonds. The number of nitrogens with one attached hydrogen (secondary N) is 1. The van der Waals surface area contributed by atoms with Gasteiger partial charge in [-0.05, 0) is 30.2 Å². The van der Waals surface area contributed by atoms with Crippen molar-refractivity contribution in [3.8, 4) is 5.69 Å². The first kappa shape index (κ1) is 20.0. The van der Waals surface area contributed by atoms with E-state index in [4.69, 9.17) is 10.7 Å². The molecule has 0 radical (unpaired) electrons. The lowest BCUT2D eigenvalue weighted by atomic mass is 10.0. The van der Waals surface area contributed by atoms with Gasteiger partial charge >= 0.3 is 0 Å². The maximum atomic E-state index is 13.1. The topological polar surface area (TPSA) is 72.4 Å². The van der Waals surface area contributed by atoms with Crippen molar-refractivity contribution in [3.63, 3.8) is 0 Å². The predicted molar refractivity (Wildman–Crippen MR) is 127 cm³/mol. The van der Waals surface area contributed by atoms with Gasteiger partial charge in [-0.1, -0.05) is 78.9 Å². The van der Waals surface area contributed by atoms with Crippen molar-refractivity contribution in [1.29, 1.82) is 0 Å². The first-order valence-corrected chi connectivity index (χ1v) is 10.7. The smallest absolute Gasteiger partial charge is 0.239 e. The average molecular weight is 421 g/mol. The zero-order valence-corrected chi connectivity index (χ0v) is 17.6. The number of carbonyl (C=O) groups is 1. The van der Waals surface area contributed by atoms with Gasteiger partial charge in [-0.3, -0.25) is 9.79 Å². The maximum absolute atomic E-state index is 13.1. The minimum atomic E-state index is -0.665. The normalized spacial score (nSPS) is 15.7. The van der Waals surface area contributed by atoms with Gasteiger partial charge in [-0.15, -0.1) is 0 Å². The van der Waals surface area contributed by atoms with Crippen molar-refractivity contribution in [2.45, 2.75) is 18.6 Å². The van der Waals surface area contributed by atoms with Gasteiger partial charge < -0.3 is 15.6 Å². The molecule has 0 aliphatic carbocycles. The van der Waals surface area contributed by atoms with Crippen LogP contribution >= 0.6 is 0 Å². The van der Waals surface area contributed by atoms with E-state index in [2.05, 4.69) is 22.0 Å². The van der Waals surface area contributed by atoms with Crippen LogP contribution in [0, 0.1) is 0 Å². The van der Waals surface area contributed by atoms with E-state index in [-0.39, 0.29) is 5.91 Å². The molecule has 32 heavy (non-hydrogen) atoms. The average Bonchev–Trinajstić information content (AvgIpc) is 3.28. The van der Waals surface area contributed by atoms with Gasteiger partial charge in [0.2, 0.25) is 5.91 Å². The number of carbonyl (C=O) groups excluding carboxylic acids is 1. The number of nitrogens with two attached hydrogens (primary N) is 1. The summed E-state index contributed by atoms with van der Waals surface area (Å²) >= 11 is 0. The molecular weight excluding hydrogens is 396 g/mol. The van der Waals surface area contributed by atoms with Crippen molar-refractivity contribution in [2.24, 2.45) is 10.7 Å². The second kappa shape index (κ2) is 8.65. The Balaban J connectivity index is 1.52. The van der Waals surface area contributed by atoms with Crippen LogP contribution in [0.5, 0.6) is 0 Å². The third-order valence-corrected chi connectivity index (χ3v) is 5.70. The predicted octanol–water partition coefficient (Wildman–Crippen LogP) is 4.01. The molecule has 0 saturated carbocycles. The molecule has 0 spiro atoms. The molecule has 5 nitrogen and oxygen atoms in total. The highest BCUT2D eigenvalue weighted by molar-refractivity contribution is 6.15. The molecule has 5 rings (SSSR count). The molecular formula is C27H24N4O. The molecule has 2 atom stereocenters. The fourth-order valence-corrected chi connectivity index (χ4v) is 4.12. The van der Waals surface area contributed by atoms with E-state index >= 15 is 0 Å². The van der Waals surface area contributed by atoms with Gasteiger partial charge in [0.05, 0.1) is 23.1 Å². The number of aliphatic imine (C=N–C) groups is 1. The Kier molecular flexibility index (Phi) is 5.40. The lowest BCUT2D eigenvalue weighted by molar-refractivity contribution is -0.123. The molecule has 1 aliphatic rings. The van der Waals surface area contributed by atoms with Crippen LogP contribution in [-0.2, 0) is 11.2 Å². The van der Waals surface area contributed by atoms with E-state index < -0.39 is 12.2 Å². The minimum Gasteiger partial charge on any atom is -0.328 e. The first-order valence-electron chi connectivity index (χ1n) is 10.7. The standard InChI is InChI=1S/C27H24N4O/c28-22(18-19-10-3-1-4-11-19)27(32)30-26-24-16-9-17-31(24)23-15-8-7-14-21(23)25(29-26)20-12-5-2-6-13-20/h1-17,22,26H,18,28H2,(H,30,32)/t22-,26+/m0/s1. The van der Waals surface area contributed by atoms with Gasteiger partial charge in [0.1, 0.15) is 0 Å². The van der Waals surface area contributed by atoms with Crippen LogP contribution in [0.2, 0.25) is 0 Å². The highest BCUT2D eigenvalue weighted by Gasteiger charge is 2.27. The summed E-state index contributed by atoms with van der Waals surface area (Å²) in [5, 5.41) is 3.08. The second-order valence-electron chi connectivity index (χ2n) is 7.87. The molecule has 0 fully saturated rings. The second-order valence-corrected chi connectivity index (χ2v) is 7.87. The maximum Gasteiger partial charge on any atom is 0.239 e. The fraction of sp³-hybridized carbons (Fsp3) is 0.111. The fourth-order valence-electron chi connectivity index (χ4n) is 4.12.